The molecule has 16 heavy (non-hydrogen) atoms. The van der Waals surface area contributed by atoms with E-state index in [4.69, 9.17) is 0 Å². The van der Waals surface area contributed by atoms with E-state index in [0.717, 1.165) is 24.8 Å². The highest BCUT2D eigenvalue weighted by atomic mass is 15.0. The molecule has 2 rings (SSSR count). The zero-order valence-electron chi connectivity index (χ0n) is 10.4. The van der Waals surface area contributed by atoms with Gasteiger partial charge in [0.1, 0.15) is 5.82 Å². The summed E-state index contributed by atoms with van der Waals surface area (Å²) in [5.74, 6) is 3.03. The second kappa shape index (κ2) is 5.48. The average molecular weight is 221 g/mol. The standard InChI is InChI=1S/C13H23N3/c1-11-3-4-12(9-11)10-14-6-5-13-15-7-8-16(13)2/h7-8,11-12,14H,3-6,9-10H2,1-2H3. The third-order valence-electron chi connectivity index (χ3n) is 3.68. The second-order valence-electron chi connectivity index (χ2n) is 5.19. The highest BCUT2D eigenvalue weighted by Gasteiger charge is 2.20. The zero-order chi connectivity index (χ0) is 11.4. The molecule has 1 aromatic heterocycles. The van der Waals surface area contributed by atoms with Gasteiger partial charge in [-0.3, -0.25) is 0 Å². The largest absolute Gasteiger partial charge is 0.338 e. The molecule has 1 aliphatic carbocycles. The number of aromatic nitrogens is 2. The fraction of sp³-hybridized carbons (Fsp3) is 0.769. The third kappa shape index (κ3) is 3.08. The maximum Gasteiger partial charge on any atom is 0.109 e. The average Bonchev–Trinajstić information content (AvgIpc) is 2.83. The first-order valence-corrected chi connectivity index (χ1v) is 6.42. The van der Waals surface area contributed by atoms with Gasteiger partial charge in [-0.15, -0.1) is 0 Å². The molecular formula is C13H23N3. The lowest BCUT2D eigenvalue weighted by molar-refractivity contribution is 0.470. The summed E-state index contributed by atoms with van der Waals surface area (Å²) in [6.45, 7) is 4.61. The number of imidazole rings is 1. The van der Waals surface area contributed by atoms with Crippen molar-refractivity contribution in [2.24, 2.45) is 18.9 Å². The summed E-state index contributed by atoms with van der Waals surface area (Å²) in [5, 5.41) is 3.56. The van der Waals surface area contributed by atoms with Crippen molar-refractivity contribution in [3.8, 4) is 0 Å². The van der Waals surface area contributed by atoms with E-state index in [-0.39, 0.29) is 0 Å². The van der Waals surface area contributed by atoms with Gasteiger partial charge in [0, 0.05) is 32.4 Å². The predicted molar refractivity (Wildman–Crippen MR) is 66.3 cm³/mol. The van der Waals surface area contributed by atoms with Crippen LogP contribution in [0.1, 0.15) is 32.0 Å². The van der Waals surface area contributed by atoms with Gasteiger partial charge < -0.3 is 9.88 Å². The Kier molecular flexibility index (Phi) is 3.99. The van der Waals surface area contributed by atoms with Crippen LogP contribution in [0.3, 0.4) is 0 Å². The van der Waals surface area contributed by atoms with Crippen molar-refractivity contribution in [1.29, 1.82) is 0 Å². The van der Waals surface area contributed by atoms with Crippen molar-refractivity contribution in [3.05, 3.63) is 18.2 Å². The highest BCUT2D eigenvalue weighted by molar-refractivity contribution is 4.91. The quantitative estimate of drug-likeness (QED) is 0.771. The van der Waals surface area contributed by atoms with Gasteiger partial charge in [-0.25, -0.2) is 4.98 Å². The smallest absolute Gasteiger partial charge is 0.109 e. The lowest BCUT2D eigenvalue weighted by atomic mass is 10.1. The first kappa shape index (κ1) is 11.6. The van der Waals surface area contributed by atoms with E-state index in [1.807, 2.05) is 12.4 Å². The van der Waals surface area contributed by atoms with E-state index in [1.165, 1.54) is 31.6 Å². The van der Waals surface area contributed by atoms with Crippen LogP contribution in [0.25, 0.3) is 0 Å². The van der Waals surface area contributed by atoms with E-state index in [1.54, 1.807) is 0 Å². The predicted octanol–water partition coefficient (Wildman–Crippen LogP) is 1.99. The highest BCUT2D eigenvalue weighted by Crippen LogP contribution is 2.29. The van der Waals surface area contributed by atoms with Gasteiger partial charge in [0.2, 0.25) is 0 Å². The summed E-state index contributed by atoms with van der Waals surface area (Å²) in [6, 6.07) is 0. The molecule has 1 N–H and O–H groups in total. The van der Waals surface area contributed by atoms with Gasteiger partial charge in [0.15, 0.2) is 0 Å². The van der Waals surface area contributed by atoms with Gasteiger partial charge in [-0.05, 0) is 31.2 Å². The van der Waals surface area contributed by atoms with Gasteiger partial charge in [0.25, 0.3) is 0 Å². The van der Waals surface area contributed by atoms with Crippen molar-refractivity contribution in [3.63, 3.8) is 0 Å². The molecule has 0 aliphatic heterocycles. The fourth-order valence-corrected chi connectivity index (χ4v) is 2.65. The Morgan fingerprint density at radius 1 is 1.50 bits per heavy atom. The van der Waals surface area contributed by atoms with E-state index in [2.05, 4.69) is 28.8 Å². The number of rotatable bonds is 5. The minimum absolute atomic E-state index is 0.913. The van der Waals surface area contributed by atoms with Crippen molar-refractivity contribution >= 4 is 0 Å². The number of nitrogens with one attached hydrogen (secondary N) is 1. The Hall–Kier alpha value is -0.830. The van der Waals surface area contributed by atoms with Crippen LogP contribution in [0.15, 0.2) is 12.4 Å². The maximum absolute atomic E-state index is 4.32. The monoisotopic (exact) mass is 221 g/mol. The summed E-state index contributed by atoms with van der Waals surface area (Å²) < 4.78 is 2.10. The van der Waals surface area contributed by atoms with Crippen LogP contribution in [-0.4, -0.2) is 22.6 Å². The van der Waals surface area contributed by atoms with Crippen LogP contribution in [-0.2, 0) is 13.5 Å². The second-order valence-corrected chi connectivity index (χ2v) is 5.19. The molecule has 0 bridgehead atoms. The normalized spacial score (nSPS) is 25.1. The van der Waals surface area contributed by atoms with Crippen LogP contribution in [0.4, 0.5) is 0 Å². The molecule has 0 aromatic carbocycles. The Morgan fingerprint density at radius 2 is 2.38 bits per heavy atom. The summed E-state index contributed by atoms with van der Waals surface area (Å²) in [6.07, 6.45) is 9.16. The van der Waals surface area contributed by atoms with E-state index < -0.39 is 0 Å². The molecule has 1 aromatic rings. The molecule has 2 atom stereocenters. The molecule has 1 aliphatic rings. The fourth-order valence-electron chi connectivity index (χ4n) is 2.65. The zero-order valence-corrected chi connectivity index (χ0v) is 10.4. The van der Waals surface area contributed by atoms with Crippen LogP contribution in [0.5, 0.6) is 0 Å². The molecule has 0 amide bonds. The van der Waals surface area contributed by atoms with Crippen molar-refractivity contribution in [2.45, 2.75) is 32.6 Å². The third-order valence-corrected chi connectivity index (χ3v) is 3.68. The lowest BCUT2D eigenvalue weighted by Gasteiger charge is -2.10. The molecule has 2 unspecified atom stereocenters. The SMILES string of the molecule is CC1CCC(CNCCc2nccn2C)C1. The Balaban J connectivity index is 1.60. The molecule has 1 fully saturated rings. The summed E-state index contributed by atoms with van der Waals surface area (Å²) in [4.78, 5) is 4.32. The Morgan fingerprint density at radius 3 is 3.00 bits per heavy atom. The Labute approximate surface area is 98.3 Å². The van der Waals surface area contributed by atoms with Gasteiger partial charge >= 0.3 is 0 Å². The van der Waals surface area contributed by atoms with Crippen molar-refractivity contribution in [2.75, 3.05) is 13.1 Å². The number of nitrogens with zero attached hydrogens (tertiary/aromatic N) is 2. The number of hydrogen-bond acceptors (Lipinski definition) is 2. The molecule has 90 valence electrons. The van der Waals surface area contributed by atoms with Gasteiger partial charge in [-0.2, -0.15) is 0 Å². The number of aryl methyl sites for hydroxylation is 1. The van der Waals surface area contributed by atoms with Crippen molar-refractivity contribution in [1.82, 2.24) is 14.9 Å². The van der Waals surface area contributed by atoms with Crippen LogP contribution in [0, 0.1) is 11.8 Å². The maximum atomic E-state index is 4.32. The molecule has 0 saturated heterocycles. The molecule has 0 radical (unpaired) electrons. The summed E-state index contributed by atoms with van der Waals surface area (Å²) in [7, 11) is 2.06. The van der Waals surface area contributed by atoms with E-state index in [9.17, 15) is 0 Å². The molecule has 1 heterocycles. The van der Waals surface area contributed by atoms with E-state index in [0.29, 0.717) is 0 Å². The lowest BCUT2D eigenvalue weighted by Crippen LogP contribution is -2.24. The molecule has 3 nitrogen and oxygen atoms in total. The van der Waals surface area contributed by atoms with Gasteiger partial charge in [-0.1, -0.05) is 13.3 Å². The van der Waals surface area contributed by atoms with Crippen LogP contribution >= 0.6 is 0 Å². The van der Waals surface area contributed by atoms with E-state index >= 15 is 0 Å². The summed E-state index contributed by atoms with van der Waals surface area (Å²) >= 11 is 0. The molecule has 3 heteroatoms. The Bertz CT molecular complexity index is 319. The van der Waals surface area contributed by atoms with Gasteiger partial charge in [0.05, 0.1) is 0 Å². The molecular weight excluding hydrogens is 198 g/mol. The molecule has 0 spiro atoms. The first-order chi connectivity index (χ1) is 7.75. The minimum Gasteiger partial charge on any atom is -0.338 e. The number of hydrogen-bond donors (Lipinski definition) is 1. The van der Waals surface area contributed by atoms with Crippen LogP contribution in [0.2, 0.25) is 0 Å². The van der Waals surface area contributed by atoms with Crippen LogP contribution < -0.4 is 5.32 Å². The minimum atomic E-state index is 0.913. The topological polar surface area (TPSA) is 29.9 Å². The first-order valence-electron chi connectivity index (χ1n) is 6.42. The van der Waals surface area contributed by atoms with Crippen molar-refractivity contribution < 1.29 is 0 Å². The molecule has 1 saturated carbocycles. The summed E-state index contributed by atoms with van der Waals surface area (Å²) in [5.41, 5.74) is 0.